The van der Waals surface area contributed by atoms with Crippen LogP contribution in [0.5, 0.6) is 5.75 Å². The lowest BCUT2D eigenvalue weighted by Crippen LogP contribution is -2.41. The average Bonchev–Trinajstić information content (AvgIpc) is 2.98. The van der Waals surface area contributed by atoms with Crippen LogP contribution in [-0.4, -0.2) is 44.6 Å². The highest BCUT2D eigenvalue weighted by Gasteiger charge is 2.32. The van der Waals surface area contributed by atoms with E-state index in [0.717, 1.165) is 24.8 Å². The van der Waals surface area contributed by atoms with Gasteiger partial charge in [0, 0.05) is 7.05 Å². The number of amides is 1. The van der Waals surface area contributed by atoms with E-state index in [1.54, 1.807) is 14.2 Å². The van der Waals surface area contributed by atoms with Gasteiger partial charge in [0.05, 0.1) is 13.7 Å². The molecule has 1 aromatic carbocycles. The van der Waals surface area contributed by atoms with Crippen molar-refractivity contribution in [2.24, 2.45) is 5.92 Å². The molecule has 1 heterocycles. The minimum Gasteiger partial charge on any atom is -0.497 e. The van der Waals surface area contributed by atoms with Crippen LogP contribution >= 0.6 is 0 Å². The van der Waals surface area contributed by atoms with Crippen LogP contribution in [0.1, 0.15) is 36.3 Å². The van der Waals surface area contributed by atoms with Crippen LogP contribution < -0.4 is 10.1 Å². The van der Waals surface area contributed by atoms with Crippen molar-refractivity contribution in [3.63, 3.8) is 0 Å². The summed E-state index contributed by atoms with van der Waals surface area (Å²) >= 11 is 0. The fraction of sp³-hybridized carbons (Fsp3) is 0.611. The number of ether oxygens (including phenoxy) is 1. The number of hydrogen-bond acceptors (Lipinski definition) is 3. The van der Waals surface area contributed by atoms with E-state index in [4.69, 9.17) is 4.74 Å². The maximum Gasteiger partial charge on any atom is 0.233 e. The summed E-state index contributed by atoms with van der Waals surface area (Å²) in [5.74, 6) is 2.51. The predicted molar refractivity (Wildman–Crippen MR) is 87.3 cm³/mol. The standard InChI is InChI=1S/C18H26N2O2/c1-19-18(21)12-20-9-7-14(8-10-20)16-6-4-13-3-5-15(22-2)11-17(13)16/h3,5,11,14,16H,4,6-10,12H2,1-2H3,(H,19,21). The number of nitrogens with zero attached hydrogens (tertiary/aromatic N) is 1. The molecule has 0 saturated carbocycles. The van der Waals surface area contributed by atoms with E-state index < -0.39 is 0 Å². The van der Waals surface area contributed by atoms with E-state index in [2.05, 4.69) is 28.4 Å². The van der Waals surface area contributed by atoms with Gasteiger partial charge in [0.15, 0.2) is 0 Å². The Bertz CT molecular complexity index is 536. The zero-order valence-corrected chi connectivity index (χ0v) is 13.6. The van der Waals surface area contributed by atoms with Crippen molar-refractivity contribution in [1.82, 2.24) is 10.2 Å². The molecule has 1 aliphatic heterocycles. The van der Waals surface area contributed by atoms with E-state index in [-0.39, 0.29) is 5.91 Å². The van der Waals surface area contributed by atoms with Crippen LogP contribution in [0.25, 0.3) is 0 Å². The molecule has 0 radical (unpaired) electrons. The molecule has 1 aromatic rings. The second kappa shape index (κ2) is 6.69. The Hall–Kier alpha value is -1.55. The summed E-state index contributed by atoms with van der Waals surface area (Å²) in [6.07, 6.45) is 4.85. The molecule has 1 amide bonds. The first-order valence-electron chi connectivity index (χ1n) is 8.31. The smallest absolute Gasteiger partial charge is 0.233 e. The molecule has 22 heavy (non-hydrogen) atoms. The molecular weight excluding hydrogens is 276 g/mol. The Morgan fingerprint density at radius 1 is 1.32 bits per heavy atom. The summed E-state index contributed by atoms with van der Waals surface area (Å²) in [6, 6.07) is 6.55. The molecule has 1 fully saturated rings. The monoisotopic (exact) mass is 302 g/mol. The summed E-state index contributed by atoms with van der Waals surface area (Å²) in [6.45, 7) is 2.61. The largest absolute Gasteiger partial charge is 0.497 e. The van der Waals surface area contributed by atoms with Crippen molar-refractivity contribution in [2.45, 2.75) is 31.6 Å². The van der Waals surface area contributed by atoms with E-state index >= 15 is 0 Å². The van der Waals surface area contributed by atoms with Gasteiger partial charge in [-0.15, -0.1) is 0 Å². The third-order valence-corrected chi connectivity index (χ3v) is 5.32. The minimum absolute atomic E-state index is 0.120. The van der Waals surface area contributed by atoms with E-state index in [0.29, 0.717) is 12.5 Å². The second-order valence-corrected chi connectivity index (χ2v) is 6.50. The molecule has 0 spiro atoms. The van der Waals surface area contributed by atoms with Crippen LogP contribution in [0.2, 0.25) is 0 Å². The third kappa shape index (κ3) is 3.12. The van der Waals surface area contributed by atoms with Gasteiger partial charge in [-0.05, 0) is 73.9 Å². The van der Waals surface area contributed by atoms with Gasteiger partial charge < -0.3 is 10.1 Å². The van der Waals surface area contributed by atoms with Crippen molar-refractivity contribution >= 4 is 5.91 Å². The van der Waals surface area contributed by atoms with E-state index in [1.807, 2.05) is 0 Å². The van der Waals surface area contributed by atoms with E-state index in [9.17, 15) is 4.79 Å². The highest BCUT2D eigenvalue weighted by molar-refractivity contribution is 5.77. The number of fused-ring (bicyclic) bond motifs is 1. The Morgan fingerprint density at radius 2 is 2.09 bits per heavy atom. The summed E-state index contributed by atoms with van der Waals surface area (Å²) in [5.41, 5.74) is 3.00. The first kappa shape index (κ1) is 15.3. The highest BCUT2D eigenvalue weighted by Crippen LogP contribution is 2.43. The number of nitrogens with one attached hydrogen (secondary N) is 1. The third-order valence-electron chi connectivity index (χ3n) is 5.32. The predicted octanol–water partition coefficient (Wildman–Crippen LogP) is 2.18. The molecule has 0 aromatic heterocycles. The summed E-state index contributed by atoms with van der Waals surface area (Å²) in [4.78, 5) is 13.8. The van der Waals surface area contributed by atoms with Crippen LogP contribution in [-0.2, 0) is 11.2 Å². The molecule has 0 bridgehead atoms. The van der Waals surface area contributed by atoms with E-state index in [1.165, 1.54) is 36.8 Å². The Balaban J connectivity index is 1.63. The number of carbonyl (C=O) groups is 1. The van der Waals surface area contributed by atoms with Crippen LogP contribution in [0.4, 0.5) is 0 Å². The number of carbonyl (C=O) groups excluding carboxylic acids is 1. The molecule has 1 saturated heterocycles. The quantitative estimate of drug-likeness (QED) is 0.927. The fourth-order valence-electron chi connectivity index (χ4n) is 4.02. The summed E-state index contributed by atoms with van der Waals surface area (Å²) < 4.78 is 5.40. The van der Waals surface area contributed by atoms with Gasteiger partial charge in [0.1, 0.15) is 5.75 Å². The lowest BCUT2D eigenvalue weighted by molar-refractivity contribution is -0.122. The van der Waals surface area contributed by atoms with Gasteiger partial charge in [-0.25, -0.2) is 0 Å². The highest BCUT2D eigenvalue weighted by atomic mass is 16.5. The maximum atomic E-state index is 11.5. The first-order chi connectivity index (χ1) is 10.7. The van der Waals surface area contributed by atoms with Gasteiger partial charge >= 0.3 is 0 Å². The molecule has 120 valence electrons. The first-order valence-corrected chi connectivity index (χ1v) is 8.31. The molecule has 2 aliphatic rings. The van der Waals surface area contributed by atoms with Gasteiger partial charge in [0.25, 0.3) is 0 Å². The number of hydrogen-bond donors (Lipinski definition) is 1. The Labute approximate surface area is 132 Å². The Morgan fingerprint density at radius 3 is 2.77 bits per heavy atom. The lowest BCUT2D eigenvalue weighted by atomic mass is 9.81. The van der Waals surface area contributed by atoms with Crippen molar-refractivity contribution in [1.29, 1.82) is 0 Å². The lowest BCUT2D eigenvalue weighted by Gasteiger charge is -2.34. The van der Waals surface area contributed by atoms with Crippen molar-refractivity contribution < 1.29 is 9.53 Å². The average molecular weight is 302 g/mol. The van der Waals surface area contributed by atoms with Crippen LogP contribution in [0.15, 0.2) is 18.2 Å². The molecule has 1 aliphatic carbocycles. The number of rotatable bonds is 4. The number of likely N-dealkylation sites (N-methyl/N-ethyl adjacent to an activating group) is 1. The summed E-state index contributed by atoms with van der Waals surface area (Å²) in [7, 11) is 3.45. The SMILES string of the molecule is CNC(=O)CN1CCC(C2CCc3ccc(OC)cc32)CC1. The normalized spacial score (nSPS) is 22.4. The van der Waals surface area contributed by atoms with Crippen molar-refractivity contribution in [3.8, 4) is 5.75 Å². The number of aryl methyl sites for hydroxylation is 1. The number of methoxy groups -OCH3 is 1. The van der Waals surface area contributed by atoms with Gasteiger partial charge in [-0.1, -0.05) is 6.07 Å². The molecule has 1 atom stereocenters. The summed E-state index contributed by atoms with van der Waals surface area (Å²) in [5, 5.41) is 2.71. The van der Waals surface area contributed by atoms with Crippen LogP contribution in [0.3, 0.4) is 0 Å². The molecule has 4 heteroatoms. The zero-order chi connectivity index (χ0) is 15.5. The zero-order valence-electron chi connectivity index (χ0n) is 13.6. The van der Waals surface area contributed by atoms with Crippen molar-refractivity contribution in [2.75, 3.05) is 33.8 Å². The number of piperidine rings is 1. The molecule has 1 N–H and O–H groups in total. The second-order valence-electron chi connectivity index (χ2n) is 6.50. The van der Waals surface area contributed by atoms with Gasteiger partial charge in [-0.3, -0.25) is 9.69 Å². The number of likely N-dealkylation sites (tertiary alicyclic amines) is 1. The molecular formula is C18H26N2O2. The van der Waals surface area contributed by atoms with Gasteiger partial charge in [-0.2, -0.15) is 0 Å². The van der Waals surface area contributed by atoms with Crippen LogP contribution in [0, 0.1) is 5.92 Å². The van der Waals surface area contributed by atoms with Crippen molar-refractivity contribution in [3.05, 3.63) is 29.3 Å². The molecule has 4 nitrogen and oxygen atoms in total. The Kier molecular flexibility index (Phi) is 4.67. The topological polar surface area (TPSA) is 41.6 Å². The van der Waals surface area contributed by atoms with Gasteiger partial charge in [0.2, 0.25) is 5.91 Å². The molecule has 3 rings (SSSR count). The minimum atomic E-state index is 0.120. The fourth-order valence-corrected chi connectivity index (χ4v) is 4.02. The molecule has 1 unspecified atom stereocenters. The number of benzene rings is 1. The maximum absolute atomic E-state index is 11.5.